The molecule has 0 saturated carbocycles. The largest absolute Gasteiger partial charge is 0.516 e. The van der Waals surface area contributed by atoms with Crippen molar-refractivity contribution >= 4 is 21.4 Å². The average molecular weight is 378 g/mol. The molecule has 0 aliphatic carbocycles. The number of nitrogens with zero attached hydrogens (tertiary/aromatic N) is 1. The molecule has 1 aromatic carbocycles. The first-order valence-corrected chi connectivity index (χ1v) is 9.88. The Morgan fingerprint density at radius 3 is 2.52 bits per heavy atom. The van der Waals surface area contributed by atoms with Gasteiger partial charge in [0.15, 0.2) is 0 Å². The van der Waals surface area contributed by atoms with Crippen LogP contribution in [-0.2, 0) is 10.0 Å². The van der Waals surface area contributed by atoms with Crippen LogP contribution in [0.5, 0.6) is 0 Å². The van der Waals surface area contributed by atoms with Gasteiger partial charge in [0, 0.05) is 17.8 Å². The Morgan fingerprint density at radius 1 is 1.32 bits per heavy atom. The monoisotopic (exact) mass is 378 g/mol. The fourth-order valence-corrected chi connectivity index (χ4v) is 4.06. The van der Waals surface area contributed by atoms with Crippen LogP contribution in [0.3, 0.4) is 0 Å². The van der Waals surface area contributed by atoms with E-state index in [4.69, 9.17) is 0 Å². The van der Waals surface area contributed by atoms with Gasteiger partial charge < -0.3 is 4.90 Å². The summed E-state index contributed by atoms with van der Waals surface area (Å²) in [4.78, 5) is 2.18. The third-order valence-electron chi connectivity index (χ3n) is 4.68. The standard InChI is InChI=1S/C17H25F3N2O2S/c1-5-6-9-22-15-10-13(21-25(23,24)17(18,19)20)7-8-14(15)12(2)11-16(22,3)4/h7-8,10,12,21H,5-6,9,11H2,1-4H3. The van der Waals surface area contributed by atoms with Gasteiger partial charge in [-0.3, -0.25) is 4.72 Å². The molecule has 1 aromatic rings. The lowest BCUT2D eigenvalue weighted by molar-refractivity contribution is -0.0429. The summed E-state index contributed by atoms with van der Waals surface area (Å²) < 4.78 is 62.3. The minimum atomic E-state index is -5.42. The molecule has 1 unspecified atom stereocenters. The highest BCUT2D eigenvalue weighted by molar-refractivity contribution is 7.93. The number of sulfonamides is 1. The van der Waals surface area contributed by atoms with E-state index in [1.165, 1.54) is 12.1 Å². The number of unbranched alkanes of at least 4 members (excludes halogenated alkanes) is 1. The number of hydrogen-bond acceptors (Lipinski definition) is 3. The molecule has 2 rings (SSSR count). The summed E-state index contributed by atoms with van der Waals surface area (Å²) in [6.45, 7) is 9.15. The summed E-state index contributed by atoms with van der Waals surface area (Å²) in [7, 11) is -5.42. The molecule has 0 amide bonds. The first-order chi connectivity index (χ1) is 11.4. The van der Waals surface area contributed by atoms with E-state index >= 15 is 0 Å². The van der Waals surface area contributed by atoms with Gasteiger partial charge in [-0.25, -0.2) is 0 Å². The molecule has 1 aliphatic rings. The van der Waals surface area contributed by atoms with Crippen LogP contribution in [0.1, 0.15) is 58.4 Å². The number of nitrogens with one attached hydrogen (secondary N) is 1. The lowest BCUT2D eigenvalue weighted by atomic mass is 9.80. The SMILES string of the molecule is CCCCN1c2cc(NS(=O)(=O)C(F)(F)F)ccc2C(C)CC1(C)C. The molecule has 8 heteroatoms. The Hall–Kier alpha value is -1.44. The minimum Gasteiger partial charge on any atom is -0.366 e. The fourth-order valence-electron chi connectivity index (χ4n) is 3.51. The highest BCUT2D eigenvalue weighted by Crippen LogP contribution is 2.44. The van der Waals surface area contributed by atoms with Gasteiger partial charge >= 0.3 is 15.5 Å². The second-order valence-electron chi connectivity index (χ2n) is 7.25. The Morgan fingerprint density at radius 2 is 1.96 bits per heavy atom. The van der Waals surface area contributed by atoms with Crippen LogP contribution in [-0.4, -0.2) is 26.0 Å². The number of fused-ring (bicyclic) bond motifs is 1. The molecule has 0 saturated heterocycles. The van der Waals surface area contributed by atoms with Gasteiger partial charge in [0.2, 0.25) is 0 Å². The van der Waals surface area contributed by atoms with Crippen LogP contribution in [0.15, 0.2) is 18.2 Å². The second-order valence-corrected chi connectivity index (χ2v) is 8.92. The van der Waals surface area contributed by atoms with E-state index in [0.29, 0.717) is 0 Å². The number of rotatable bonds is 5. The number of benzene rings is 1. The zero-order valence-electron chi connectivity index (χ0n) is 14.9. The van der Waals surface area contributed by atoms with Gasteiger partial charge in [-0.05, 0) is 50.3 Å². The van der Waals surface area contributed by atoms with Crippen molar-refractivity contribution in [3.05, 3.63) is 23.8 Å². The topological polar surface area (TPSA) is 49.4 Å². The van der Waals surface area contributed by atoms with Crippen molar-refractivity contribution in [1.29, 1.82) is 0 Å². The summed E-state index contributed by atoms with van der Waals surface area (Å²) >= 11 is 0. The molecule has 0 bridgehead atoms. The summed E-state index contributed by atoms with van der Waals surface area (Å²) in [5, 5.41) is 0. The van der Waals surface area contributed by atoms with Crippen molar-refractivity contribution in [3.63, 3.8) is 0 Å². The van der Waals surface area contributed by atoms with Gasteiger partial charge in [-0.2, -0.15) is 21.6 Å². The highest BCUT2D eigenvalue weighted by Gasteiger charge is 2.46. The van der Waals surface area contributed by atoms with Gasteiger partial charge in [-0.1, -0.05) is 26.3 Å². The molecule has 25 heavy (non-hydrogen) atoms. The molecule has 0 spiro atoms. The van der Waals surface area contributed by atoms with Crippen LogP contribution in [0.25, 0.3) is 0 Å². The Bertz CT molecular complexity index is 730. The van der Waals surface area contributed by atoms with E-state index in [-0.39, 0.29) is 17.1 Å². The maximum absolute atomic E-state index is 12.6. The summed E-state index contributed by atoms with van der Waals surface area (Å²) in [6.07, 6.45) is 2.88. The number of hydrogen-bond donors (Lipinski definition) is 1. The van der Waals surface area contributed by atoms with E-state index in [9.17, 15) is 21.6 Å². The van der Waals surface area contributed by atoms with Crippen LogP contribution in [0, 0.1) is 0 Å². The Balaban J connectivity index is 2.44. The van der Waals surface area contributed by atoms with Crippen LogP contribution in [0.4, 0.5) is 24.5 Å². The van der Waals surface area contributed by atoms with Gasteiger partial charge in [0.05, 0.1) is 5.69 Å². The third-order valence-corrected chi connectivity index (χ3v) is 5.79. The molecule has 1 N–H and O–H groups in total. The number of halogens is 3. The second kappa shape index (κ2) is 6.70. The molecule has 1 aliphatic heterocycles. The maximum atomic E-state index is 12.6. The van der Waals surface area contributed by atoms with Crippen LogP contribution in [0.2, 0.25) is 0 Å². The van der Waals surface area contributed by atoms with Crippen LogP contribution >= 0.6 is 0 Å². The van der Waals surface area contributed by atoms with E-state index in [1.54, 1.807) is 10.8 Å². The van der Waals surface area contributed by atoms with Crippen molar-refractivity contribution in [2.45, 2.75) is 63.9 Å². The molecular formula is C17H25F3N2O2S. The van der Waals surface area contributed by atoms with Gasteiger partial charge in [0.1, 0.15) is 0 Å². The van der Waals surface area contributed by atoms with Crippen LogP contribution < -0.4 is 9.62 Å². The smallest absolute Gasteiger partial charge is 0.366 e. The zero-order valence-corrected chi connectivity index (χ0v) is 15.8. The summed E-state index contributed by atoms with van der Waals surface area (Å²) in [5.74, 6) is 0.246. The zero-order chi connectivity index (χ0) is 19.0. The van der Waals surface area contributed by atoms with Gasteiger partial charge in [0.25, 0.3) is 0 Å². The normalized spacial score (nSPS) is 20.3. The van der Waals surface area contributed by atoms with Crippen molar-refractivity contribution < 1.29 is 21.6 Å². The lowest BCUT2D eigenvalue weighted by Gasteiger charge is -2.48. The lowest BCUT2D eigenvalue weighted by Crippen LogP contribution is -2.48. The quantitative estimate of drug-likeness (QED) is 0.798. The summed E-state index contributed by atoms with van der Waals surface area (Å²) in [5.41, 5.74) is -3.71. The van der Waals surface area contributed by atoms with Crippen molar-refractivity contribution in [3.8, 4) is 0 Å². The number of alkyl halides is 3. The van der Waals surface area contributed by atoms with E-state index in [0.717, 1.165) is 37.1 Å². The van der Waals surface area contributed by atoms with E-state index in [1.807, 2.05) is 0 Å². The van der Waals surface area contributed by atoms with E-state index in [2.05, 4.69) is 32.6 Å². The van der Waals surface area contributed by atoms with Crippen molar-refractivity contribution in [2.24, 2.45) is 0 Å². The predicted molar refractivity (Wildman–Crippen MR) is 94.4 cm³/mol. The highest BCUT2D eigenvalue weighted by atomic mass is 32.2. The minimum absolute atomic E-state index is 0.0672. The molecule has 4 nitrogen and oxygen atoms in total. The molecule has 0 radical (unpaired) electrons. The van der Waals surface area contributed by atoms with E-state index < -0.39 is 15.5 Å². The molecule has 142 valence electrons. The van der Waals surface area contributed by atoms with Crippen molar-refractivity contribution in [1.82, 2.24) is 0 Å². The first-order valence-electron chi connectivity index (χ1n) is 8.39. The Labute approximate surface area is 147 Å². The van der Waals surface area contributed by atoms with Crippen molar-refractivity contribution in [2.75, 3.05) is 16.2 Å². The molecule has 0 aromatic heterocycles. The molecule has 1 atom stereocenters. The third kappa shape index (κ3) is 4.04. The summed E-state index contributed by atoms with van der Waals surface area (Å²) in [6, 6.07) is 4.64. The van der Waals surface area contributed by atoms with Gasteiger partial charge in [-0.15, -0.1) is 0 Å². The molecule has 0 fully saturated rings. The Kier molecular flexibility index (Phi) is 5.33. The molecule has 1 heterocycles. The molecular weight excluding hydrogens is 353 g/mol. The predicted octanol–water partition coefficient (Wildman–Crippen LogP) is 4.84. The number of anilines is 2. The maximum Gasteiger partial charge on any atom is 0.516 e. The first kappa shape index (κ1) is 19.9. The fraction of sp³-hybridized carbons (Fsp3) is 0.647. The average Bonchev–Trinajstić information content (AvgIpc) is 2.44.